The van der Waals surface area contributed by atoms with E-state index in [1.807, 2.05) is 55.5 Å². The number of benzene rings is 3. The molecule has 0 bridgehead atoms. The van der Waals surface area contributed by atoms with Crippen LogP contribution in [0.1, 0.15) is 18.3 Å². The van der Waals surface area contributed by atoms with E-state index in [1.54, 1.807) is 0 Å². The Kier molecular flexibility index (Phi) is 4.44. The van der Waals surface area contributed by atoms with Crippen molar-refractivity contribution in [2.45, 2.75) is 13.8 Å². The topological polar surface area (TPSA) is 78.8 Å². The Balaban J connectivity index is 1.54. The lowest BCUT2D eigenvalue weighted by atomic mass is 10.0. The number of aromatic nitrogens is 4. The molecule has 5 aromatic rings. The first-order valence-electron chi connectivity index (χ1n) is 9.76. The highest BCUT2D eigenvalue weighted by Crippen LogP contribution is 2.28. The summed E-state index contributed by atoms with van der Waals surface area (Å²) in [5.74, 6) is 1.16. The summed E-state index contributed by atoms with van der Waals surface area (Å²) in [6.07, 6.45) is 0. The molecule has 0 aliphatic carbocycles. The number of imidazole rings is 1. The van der Waals surface area contributed by atoms with Crippen LogP contribution in [0.3, 0.4) is 0 Å². The quantitative estimate of drug-likeness (QED) is 0.321. The summed E-state index contributed by atoms with van der Waals surface area (Å²) < 4.78 is 0. The third-order valence-electron chi connectivity index (χ3n) is 4.95. The summed E-state index contributed by atoms with van der Waals surface area (Å²) >= 11 is 0. The molecule has 2 N–H and O–H groups in total. The van der Waals surface area contributed by atoms with E-state index in [9.17, 15) is 0 Å². The van der Waals surface area contributed by atoms with Crippen molar-refractivity contribution in [3.63, 3.8) is 0 Å². The van der Waals surface area contributed by atoms with Gasteiger partial charge in [-0.15, -0.1) is 0 Å². The average Bonchev–Trinajstić information content (AvgIpc) is 3.22. The average molecular weight is 392 g/mol. The van der Waals surface area contributed by atoms with Crippen molar-refractivity contribution >= 4 is 33.6 Å². The molecule has 0 fully saturated rings. The molecule has 5 rings (SSSR count). The molecule has 30 heavy (non-hydrogen) atoms. The molecule has 0 atom stereocenters. The fourth-order valence-electron chi connectivity index (χ4n) is 3.42. The molecule has 0 unspecified atom stereocenters. The van der Waals surface area contributed by atoms with Crippen molar-refractivity contribution in [1.29, 1.82) is 0 Å². The number of anilines is 1. The second-order valence-electron chi connectivity index (χ2n) is 7.19. The highest BCUT2D eigenvalue weighted by molar-refractivity contribution is 5.98. The third-order valence-corrected chi connectivity index (χ3v) is 4.95. The van der Waals surface area contributed by atoms with E-state index in [2.05, 4.69) is 56.7 Å². The number of nitrogens with zero attached hydrogens (tertiary/aromatic N) is 4. The normalized spacial score (nSPS) is 11.9. The Morgan fingerprint density at radius 2 is 1.67 bits per heavy atom. The molecule has 2 heterocycles. The van der Waals surface area contributed by atoms with Crippen LogP contribution in [-0.2, 0) is 0 Å². The van der Waals surface area contributed by atoms with Gasteiger partial charge in [0.1, 0.15) is 5.71 Å². The monoisotopic (exact) mass is 392 g/mol. The van der Waals surface area contributed by atoms with Crippen LogP contribution in [0.15, 0.2) is 77.9 Å². The molecular weight excluding hydrogens is 372 g/mol. The first-order chi connectivity index (χ1) is 14.7. The van der Waals surface area contributed by atoms with Gasteiger partial charge in [0.05, 0.1) is 22.2 Å². The van der Waals surface area contributed by atoms with Crippen molar-refractivity contribution in [1.82, 2.24) is 19.9 Å². The van der Waals surface area contributed by atoms with E-state index in [0.29, 0.717) is 11.8 Å². The van der Waals surface area contributed by atoms with Gasteiger partial charge in [0.15, 0.2) is 5.82 Å². The molecule has 0 radical (unpaired) electrons. The number of aromatic amines is 1. The molecule has 6 heteroatoms. The van der Waals surface area contributed by atoms with Crippen molar-refractivity contribution in [3.05, 3.63) is 84.2 Å². The lowest BCUT2D eigenvalue weighted by Crippen LogP contribution is -2.05. The fourth-order valence-corrected chi connectivity index (χ4v) is 3.42. The minimum absolute atomic E-state index is 0.445. The van der Waals surface area contributed by atoms with Crippen LogP contribution < -0.4 is 5.43 Å². The molecule has 0 aliphatic heterocycles. The smallest absolute Gasteiger partial charge is 0.244 e. The summed E-state index contributed by atoms with van der Waals surface area (Å²) in [5, 5.41) is 5.49. The maximum absolute atomic E-state index is 4.76. The maximum atomic E-state index is 4.76. The van der Waals surface area contributed by atoms with Crippen LogP contribution >= 0.6 is 0 Å². The van der Waals surface area contributed by atoms with Gasteiger partial charge in [0.25, 0.3) is 0 Å². The molecule has 0 spiro atoms. The van der Waals surface area contributed by atoms with Gasteiger partial charge in [0.2, 0.25) is 5.95 Å². The molecule has 2 aromatic heterocycles. The number of nitrogens with one attached hydrogen (secondary N) is 2. The predicted octanol–water partition coefficient (Wildman–Crippen LogP) is 5.32. The van der Waals surface area contributed by atoms with Crippen LogP contribution in [0.5, 0.6) is 0 Å². The molecule has 0 aliphatic rings. The van der Waals surface area contributed by atoms with Gasteiger partial charge < -0.3 is 4.98 Å². The number of hydrogen-bond donors (Lipinski definition) is 2. The largest absolute Gasteiger partial charge is 0.337 e. The molecule has 0 saturated heterocycles. The Morgan fingerprint density at radius 3 is 2.50 bits per heavy atom. The maximum Gasteiger partial charge on any atom is 0.244 e. The van der Waals surface area contributed by atoms with Gasteiger partial charge >= 0.3 is 0 Å². The minimum Gasteiger partial charge on any atom is -0.337 e. The number of hydrazone groups is 1. The summed E-state index contributed by atoms with van der Waals surface area (Å²) in [6, 6.07) is 24.2. The van der Waals surface area contributed by atoms with E-state index in [4.69, 9.17) is 4.98 Å². The van der Waals surface area contributed by atoms with E-state index in [0.717, 1.165) is 38.9 Å². The Morgan fingerprint density at radius 1 is 0.867 bits per heavy atom. The summed E-state index contributed by atoms with van der Waals surface area (Å²) in [7, 11) is 0. The summed E-state index contributed by atoms with van der Waals surface area (Å²) in [5.41, 5.74) is 9.57. The van der Waals surface area contributed by atoms with Gasteiger partial charge in [-0.3, -0.25) is 0 Å². The Hall–Kier alpha value is -4.06. The van der Waals surface area contributed by atoms with Gasteiger partial charge in [-0.1, -0.05) is 54.1 Å². The molecule has 0 amide bonds. The first-order valence-corrected chi connectivity index (χ1v) is 9.76. The Bertz CT molecular complexity index is 1350. The van der Waals surface area contributed by atoms with Crippen LogP contribution in [0, 0.1) is 6.92 Å². The number of rotatable bonds is 4. The second-order valence-corrected chi connectivity index (χ2v) is 7.19. The van der Waals surface area contributed by atoms with Gasteiger partial charge in [-0.05, 0) is 38.1 Å². The van der Waals surface area contributed by atoms with Crippen molar-refractivity contribution in [2.75, 3.05) is 5.43 Å². The standard InChI is InChI=1S/C24H20N6/c1-15-12-13-19-18(14-15)22(17-8-4-3-5-9-17)28-24(27-19)30-29-16(2)23-25-20-10-6-7-11-21(20)26-23/h3-14H,1-2H3,(H,25,26)(H,27,28,30)/b29-16-. The molecular formula is C24H20N6. The highest BCUT2D eigenvalue weighted by atomic mass is 15.4. The van der Waals surface area contributed by atoms with Crippen molar-refractivity contribution < 1.29 is 0 Å². The first kappa shape index (κ1) is 18.0. The zero-order chi connectivity index (χ0) is 20.5. The lowest BCUT2D eigenvalue weighted by Gasteiger charge is -2.09. The molecule has 0 saturated carbocycles. The van der Waals surface area contributed by atoms with Gasteiger partial charge in [-0.25, -0.2) is 20.4 Å². The minimum atomic E-state index is 0.445. The molecule has 146 valence electrons. The molecule has 3 aromatic carbocycles. The van der Waals surface area contributed by atoms with Crippen LogP contribution in [0.25, 0.3) is 33.2 Å². The van der Waals surface area contributed by atoms with Crippen LogP contribution in [0.4, 0.5) is 5.95 Å². The zero-order valence-corrected chi connectivity index (χ0v) is 16.7. The van der Waals surface area contributed by atoms with Gasteiger partial charge in [0, 0.05) is 10.9 Å². The molecule has 6 nitrogen and oxygen atoms in total. The number of aryl methyl sites for hydroxylation is 1. The lowest BCUT2D eigenvalue weighted by molar-refractivity contribution is 1.14. The van der Waals surface area contributed by atoms with Crippen molar-refractivity contribution in [3.8, 4) is 11.3 Å². The van der Waals surface area contributed by atoms with E-state index in [-0.39, 0.29) is 0 Å². The highest BCUT2D eigenvalue weighted by Gasteiger charge is 2.11. The van der Waals surface area contributed by atoms with E-state index < -0.39 is 0 Å². The van der Waals surface area contributed by atoms with E-state index >= 15 is 0 Å². The Labute approximate surface area is 173 Å². The van der Waals surface area contributed by atoms with Crippen LogP contribution in [-0.4, -0.2) is 25.6 Å². The SMILES string of the molecule is C/C(=N/Nc1nc(-c2ccccc2)c2cc(C)ccc2n1)c1nc2ccccc2[nH]1. The summed E-state index contributed by atoms with van der Waals surface area (Å²) in [4.78, 5) is 17.3. The number of para-hydroxylation sites is 2. The zero-order valence-electron chi connectivity index (χ0n) is 16.7. The predicted molar refractivity (Wildman–Crippen MR) is 122 cm³/mol. The number of hydrogen-bond acceptors (Lipinski definition) is 5. The van der Waals surface area contributed by atoms with Crippen molar-refractivity contribution in [2.24, 2.45) is 5.10 Å². The second kappa shape index (κ2) is 7.40. The summed E-state index contributed by atoms with van der Waals surface area (Å²) in [6.45, 7) is 3.97. The fraction of sp³-hybridized carbons (Fsp3) is 0.0833. The third kappa shape index (κ3) is 3.39. The number of H-pyrrole nitrogens is 1. The van der Waals surface area contributed by atoms with Gasteiger partial charge in [-0.2, -0.15) is 5.10 Å². The number of fused-ring (bicyclic) bond motifs is 2. The van der Waals surface area contributed by atoms with Crippen LogP contribution in [0.2, 0.25) is 0 Å². The van der Waals surface area contributed by atoms with E-state index in [1.165, 1.54) is 5.56 Å².